The van der Waals surface area contributed by atoms with Gasteiger partial charge in [-0.25, -0.2) is 0 Å². The molecule has 2 aliphatic rings. The fourth-order valence-corrected chi connectivity index (χ4v) is 3.18. The summed E-state index contributed by atoms with van der Waals surface area (Å²) in [6.45, 7) is 1.34. The molecular formula is C16H18O4. The molecule has 1 heterocycles. The second-order valence-electron chi connectivity index (χ2n) is 5.70. The van der Waals surface area contributed by atoms with Crippen molar-refractivity contribution < 1.29 is 19.1 Å². The van der Waals surface area contributed by atoms with E-state index in [1.54, 1.807) is 18.2 Å². The SMILES string of the molecule is CC(=O)Oc1ccc2c(c1)C(=O)CC1(CCCCC1)O2. The highest BCUT2D eigenvalue weighted by atomic mass is 16.5. The van der Waals surface area contributed by atoms with E-state index >= 15 is 0 Å². The lowest BCUT2D eigenvalue weighted by Gasteiger charge is -2.40. The van der Waals surface area contributed by atoms with Crippen molar-refractivity contribution in [3.05, 3.63) is 23.8 Å². The number of Topliss-reactive ketones (excluding diaryl/α,β-unsaturated/α-hetero) is 1. The summed E-state index contributed by atoms with van der Waals surface area (Å²) in [5, 5.41) is 0. The number of ether oxygens (including phenoxy) is 2. The number of carbonyl (C=O) groups excluding carboxylic acids is 2. The van der Waals surface area contributed by atoms with E-state index in [0.717, 1.165) is 25.7 Å². The monoisotopic (exact) mass is 274 g/mol. The molecule has 106 valence electrons. The molecule has 4 heteroatoms. The van der Waals surface area contributed by atoms with E-state index in [2.05, 4.69) is 0 Å². The Labute approximate surface area is 118 Å². The second kappa shape index (κ2) is 4.93. The Balaban J connectivity index is 1.89. The number of rotatable bonds is 1. The lowest BCUT2D eigenvalue weighted by atomic mass is 9.78. The van der Waals surface area contributed by atoms with Gasteiger partial charge in [0, 0.05) is 6.92 Å². The minimum Gasteiger partial charge on any atom is -0.486 e. The van der Waals surface area contributed by atoms with Crippen molar-refractivity contribution in [3.8, 4) is 11.5 Å². The van der Waals surface area contributed by atoms with Gasteiger partial charge in [0.25, 0.3) is 0 Å². The van der Waals surface area contributed by atoms with Gasteiger partial charge in [-0.3, -0.25) is 9.59 Å². The maximum Gasteiger partial charge on any atom is 0.308 e. The Morgan fingerprint density at radius 2 is 2.00 bits per heavy atom. The van der Waals surface area contributed by atoms with Gasteiger partial charge in [-0.2, -0.15) is 0 Å². The van der Waals surface area contributed by atoms with Crippen LogP contribution in [-0.2, 0) is 4.79 Å². The number of benzene rings is 1. The van der Waals surface area contributed by atoms with Crippen molar-refractivity contribution in [2.45, 2.75) is 51.0 Å². The fourth-order valence-electron chi connectivity index (χ4n) is 3.18. The molecule has 1 aliphatic heterocycles. The summed E-state index contributed by atoms with van der Waals surface area (Å²) in [6.07, 6.45) is 5.79. The van der Waals surface area contributed by atoms with Crippen molar-refractivity contribution in [2.24, 2.45) is 0 Å². The molecule has 0 amide bonds. The number of carbonyl (C=O) groups is 2. The van der Waals surface area contributed by atoms with Crippen LogP contribution in [-0.4, -0.2) is 17.4 Å². The first-order chi connectivity index (χ1) is 9.58. The van der Waals surface area contributed by atoms with E-state index < -0.39 is 5.97 Å². The molecular weight excluding hydrogens is 256 g/mol. The van der Waals surface area contributed by atoms with Crippen LogP contribution in [0.3, 0.4) is 0 Å². The van der Waals surface area contributed by atoms with Crippen LogP contribution in [0.1, 0.15) is 55.8 Å². The lowest BCUT2D eigenvalue weighted by molar-refractivity contribution is -0.131. The van der Waals surface area contributed by atoms with E-state index in [0.29, 0.717) is 23.5 Å². The molecule has 1 aliphatic carbocycles. The van der Waals surface area contributed by atoms with E-state index in [1.165, 1.54) is 13.3 Å². The van der Waals surface area contributed by atoms with Gasteiger partial charge in [0.1, 0.15) is 17.1 Å². The summed E-state index contributed by atoms with van der Waals surface area (Å²) >= 11 is 0. The number of fused-ring (bicyclic) bond motifs is 1. The van der Waals surface area contributed by atoms with Crippen LogP contribution in [0.5, 0.6) is 11.5 Å². The average molecular weight is 274 g/mol. The number of esters is 1. The van der Waals surface area contributed by atoms with Crippen molar-refractivity contribution in [2.75, 3.05) is 0 Å². The Morgan fingerprint density at radius 3 is 2.70 bits per heavy atom. The van der Waals surface area contributed by atoms with E-state index in [-0.39, 0.29) is 11.4 Å². The van der Waals surface area contributed by atoms with Crippen molar-refractivity contribution in [1.29, 1.82) is 0 Å². The van der Waals surface area contributed by atoms with Gasteiger partial charge in [0.15, 0.2) is 5.78 Å². The van der Waals surface area contributed by atoms with Crippen LogP contribution in [0.2, 0.25) is 0 Å². The third-order valence-corrected chi connectivity index (χ3v) is 4.09. The lowest BCUT2D eigenvalue weighted by Crippen LogP contribution is -2.43. The Kier molecular flexibility index (Phi) is 3.24. The maximum absolute atomic E-state index is 12.4. The number of hydrogen-bond donors (Lipinski definition) is 0. The van der Waals surface area contributed by atoms with Crippen molar-refractivity contribution in [1.82, 2.24) is 0 Å². The zero-order chi connectivity index (χ0) is 14.2. The maximum atomic E-state index is 12.4. The van der Waals surface area contributed by atoms with Crippen molar-refractivity contribution >= 4 is 11.8 Å². The van der Waals surface area contributed by atoms with Gasteiger partial charge < -0.3 is 9.47 Å². The number of ketones is 1. The summed E-state index contributed by atoms with van der Waals surface area (Å²) in [6, 6.07) is 5.02. The third-order valence-electron chi connectivity index (χ3n) is 4.09. The van der Waals surface area contributed by atoms with Crippen LogP contribution in [0.15, 0.2) is 18.2 Å². The van der Waals surface area contributed by atoms with E-state index in [1.807, 2.05) is 0 Å². The standard InChI is InChI=1S/C16H18O4/c1-11(17)19-12-5-6-15-13(9-12)14(18)10-16(20-15)7-3-2-4-8-16/h5-6,9H,2-4,7-8,10H2,1H3. The fraction of sp³-hybridized carbons (Fsp3) is 0.500. The van der Waals surface area contributed by atoms with Gasteiger partial charge in [-0.15, -0.1) is 0 Å². The average Bonchev–Trinajstić information content (AvgIpc) is 2.40. The normalized spacial score (nSPS) is 20.1. The van der Waals surface area contributed by atoms with Crippen LogP contribution in [0, 0.1) is 0 Å². The molecule has 0 saturated heterocycles. The first kappa shape index (κ1) is 13.2. The zero-order valence-corrected chi connectivity index (χ0v) is 11.6. The first-order valence-corrected chi connectivity index (χ1v) is 7.13. The molecule has 1 aromatic carbocycles. The molecule has 1 saturated carbocycles. The Hall–Kier alpha value is -1.84. The van der Waals surface area contributed by atoms with Gasteiger partial charge in [0.05, 0.1) is 12.0 Å². The van der Waals surface area contributed by atoms with Crippen molar-refractivity contribution in [3.63, 3.8) is 0 Å². The molecule has 0 aromatic heterocycles. The van der Waals surface area contributed by atoms with Crippen LogP contribution >= 0.6 is 0 Å². The Bertz CT molecular complexity index is 556. The molecule has 1 aromatic rings. The smallest absolute Gasteiger partial charge is 0.308 e. The van der Waals surface area contributed by atoms with Gasteiger partial charge >= 0.3 is 5.97 Å². The topological polar surface area (TPSA) is 52.6 Å². The second-order valence-corrected chi connectivity index (χ2v) is 5.70. The van der Waals surface area contributed by atoms with Crippen LogP contribution in [0.25, 0.3) is 0 Å². The van der Waals surface area contributed by atoms with E-state index in [9.17, 15) is 9.59 Å². The molecule has 1 fully saturated rings. The molecule has 20 heavy (non-hydrogen) atoms. The highest BCUT2D eigenvalue weighted by Crippen LogP contribution is 2.42. The first-order valence-electron chi connectivity index (χ1n) is 7.13. The van der Waals surface area contributed by atoms with Gasteiger partial charge in [-0.1, -0.05) is 6.42 Å². The highest BCUT2D eigenvalue weighted by molar-refractivity contribution is 6.00. The minimum absolute atomic E-state index is 0.0853. The van der Waals surface area contributed by atoms with Gasteiger partial charge in [0.2, 0.25) is 0 Å². The van der Waals surface area contributed by atoms with Crippen LogP contribution in [0.4, 0.5) is 0 Å². The molecule has 0 bridgehead atoms. The molecule has 0 unspecified atom stereocenters. The quantitative estimate of drug-likeness (QED) is 0.582. The molecule has 0 radical (unpaired) electrons. The Morgan fingerprint density at radius 1 is 1.25 bits per heavy atom. The molecule has 3 rings (SSSR count). The zero-order valence-electron chi connectivity index (χ0n) is 11.6. The molecule has 0 N–H and O–H groups in total. The summed E-state index contributed by atoms with van der Waals surface area (Å²) in [7, 11) is 0. The number of hydrogen-bond acceptors (Lipinski definition) is 4. The predicted molar refractivity (Wildman–Crippen MR) is 73.1 cm³/mol. The summed E-state index contributed by atoms with van der Waals surface area (Å²) in [5.74, 6) is 0.715. The predicted octanol–water partition coefficient (Wildman–Crippen LogP) is 3.28. The molecule has 0 atom stereocenters. The molecule has 4 nitrogen and oxygen atoms in total. The molecule has 1 spiro atoms. The largest absolute Gasteiger partial charge is 0.486 e. The summed E-state index contributed by atoms with van der Waals surface area (Å²) in [5.41, 5.74) is 0.227. The highest BCUT2D eigenvalue weighted by Gasteiger charge is 2.41. The summed E-state index contributed by atoms with van der Waals surface area (Å²) < 4.78 is 11.1. The minimum atomic E-state index is -0.391. The van der Waals surface area contributed by atoms with Crippen LogP contribution < -0.4 is 9.47 Å². The van der Waals surface area contributed by atoms with E-state index in [4.69, 9.17) is 9.47 Å². The summed E-state index contributed by atoms with van der Waals surface area (Å²) in [4.78, 5) is 23.3. The third kappa shape index (κ3) is 2.42. The van der Waals surface area contributed by atoms with Gasteiger partial charge in [-0.05, 0) is 43.9 Å².